The largest absolute Gasteiger partial charge is 0.338 e. The fourth-order valence-electron chi connectivity index (χ4n) is 1.12. The molecule has 1 rings (SSSR count). The van der Waals surface area contributed by atoms with Crippen LogP contribution in [0.25, 0.3) is 0 Å². The highest BCUT2D eigenvalue weighted by atomic mass is 35.5. The van der Waals surface area contributed by atoms with E-state index in [9.17, 15) is 4.79 Å². The van der Waals surface area contributed by atoms with E-state index in [1.54, 1.807) is 0 Å². The number of rotatable bonds is 4. The Kier molecular flexibility index (Phi) is 4.91. The van der Waals surface area contributed by atoms with Gasteiger partial charge in [0.15, 0.2) is 0 Å². The molecule has 0 saturated heterocycles. The summed E-state index contributed by atoms with van der Waals surface area (Å²) in [4.78, 5) is 12.4. The van der Waals surface area contributed by atoms with E-state index in [0.717, 1.165) is 15.6 Å². The van der Waals surface area contributed by atoms with Gasteiger partial charge in [0.05, 0.1) is 10.4 Å². The number of amides is 2. The van der Waals surface area contributed by atoms with E-state index in [1.165, 1.54) is 11.3 Å². The Bertz CT molecular complexity index is 327. The highest BCUT2D eigenvalue weighted by molar-refractivity contribution is 7.16. The van der Waals surface area contributed by atoms with Crippen LogP contribution < -0.4 is 10.6 Å². The van der Waals surface area contributed by atoms with E-state index in [-0.39, 0.29) is 12.1 Å². The standard InChI is InChI=1S/C10H15ClN2OS/c1-3-6-12-10(14)13-7(2)8-4-5-9(11)15-8/h4-5,7H,3,6H2,1-2H3,(H2,12,13,14)/t7-/m1/s1. The predicted molar refractivity (Wildman–Crippen MR) is 64.6 cm³/mol. The fourth-order valence-corrected chi connectivity index (χ4v) is 2.18. The first kappa shape index (κ1) is 12.3. The highest BCUT2D eigenvalue weighted by Crippen LogP contribution is 2.26. The summed E-state index contributed by atoms with van der Waals surface area (Å²) in [7, 11) is 0. The molecular formula is C10H15ClN2OS. The zero-order valence-electron chi connectivity index (χ0n) is 8.84. The third kappa shape index (κ3) is 4.10. The van der Waals surface area contributed by atoms with Crippen LogP contribution in [-0.2, 0) is 0 Å². The zero-order valence-corrected chi connectivity index (χ0v) is 10.4. The van der Waals surface area contributed by atoms with Gasteiger partial charge in [0.2, 0.25) is 0 Å². The van der Waals surface area contributed by atoms with Crippen molar-refractivity contribution in [1.29, 1.82) is 0 Å². The van der Waals surface area contributed by atoms with E-state index in [1.807, 2.05) is 26.0 Å². The maximum absolute atomic E-state index is 11.3. The van der Waals surface area contributed by atoms with Gasteiger partial charge in [0.1, 0.15) is 0 Å². The van der Waals surface area contributed by atoms with Gasteiger partial charge >= 0.3 is 6.03 Å². The zero-order chi connectivity index (χ0) is 11.3. The van der Waals surface area contributed by atoms with Gasteiger partial charge in [-0.15, -0.1) is 11.3 Å². The van der Waals surface area contributed by atoms with Crippen molar-refractivity contribution in [3.05, 3.63) is 21.3 Å². The minimum absolute atomic E-state index is 0.000596. The van der Waals surface area contributed by atoms with Gasteiger partial charge in [-0.1, -0.05) is 18.5 Å². The molecule has 0 bridgehead atoms. The molecule has 0 aliphatic rings. The molecule has 15 heavy (non-hydrogen) atoms. The summed E-state index contributed by atoms with van der Waals surface area (Å²) >= 11 is 7.30. The van der Waals surface area contributed by atoms with Gasteiger partial charge in [-0.25, -0.2) is 4.79 Å². The molecule has 3 nitrogen and oxygen atoms in total. The minimum atomic E-state index is -0.131. The van der Waals surface area contributed by atoms with Crippen LogP contribution in [0.1, 0.15) is 31.2 Å². The summed E-state index contributed by atoms with van der Waals surface area (Å²) in [6.45, 7) is 4.65. The summed E-state index contributed by atoms with van der Waals surface area (Å²) < 4.78 is 0.743. The maximum Gasteiger partial charge on any atom is 0.315 e. The van der Waals surface area contributed by atoms with Crippen molar-refractivity contribution in [3.8, 4) is 0 Å². The number of thiophene rings is 1. The summed E-state index contributed by atoms with van der Waals surface area (Å²) in [6, 6.07) is 3.63. The van der Waals surface area contributed by atoms with E-state index in [2.05, 4.69) is 10.6 Å². The number of carbonyl (C=O) groups excluding carboxylic acids is 1. The SMILES string of the molecule is CCCNC(=O)N[C@H](C)c1ccc(Cl)s1. The van der Waals surface area contributed by atoms with Crippen LogP contribution in [0.4, 0.5) is 4.79 Å². The Morgan fingerprint density at radius 1 is 1.60 bits per heavy atom. The van der Waals surface area contributed by atoms with Crippen LogP contribution >= 0.6 is 22.9 Å². The second-order valence-electron chi connectivity index (χ2n) is 3.26. The van der Waals surface area contributed by atoms with Crippen molar-refractivity contribution >= 4 is 29.0 Å². The highest BCUT2D eigenvalue weighted by Gasteiger charge is 2.10. The van der Waals surface area contributed by atoms with Crippen LogP contribution in [0.2, 0.25) is 4.34 Å². The molecule has 0 aromatic carbocycles. The molecule has 1 aromatic rings. The topological polar surface area (TPSA) is 41.1 Å². The normalized spacial score (nSPS) is 12.2. The van der Waals surface area contributed by atoms with E-state index in [0.29, 0.717) is 6.54 Å². The molecule has 0 aliphatic carbocycles. The Morgan fingerprint density at radius 2 is 2.33 bits per heavy atom. The molecule has 0 fully saturated rings. The predicted octanol–water partition coefficient (Wildman–Crippen LogP) is 3.17. The van der Waals surface area contributed by atoms with Gasteiger partial charge in [-0.3, -0.25) is 0 Å². The first-order valence-electron chi connectivity index (χ1n) is 4.93. The third-order valence-electron chi connectivity index (χ3n) is 1.90. The Morgan fingerprint density at radius 3 is 2.87 bits per heavy atom. The summed E-state index contributed by atoms with van der Waals surface area (Å²) in [6.07, 6.45) is 0.937. The molecule has 0 radical (unpaired) electrons. The Labute approximate surface area is 98.8 Å². The van der Waals surface area contributed by atoms with Crippen molar-refractivity contribution in [2.75, 3.05) is 6.54 Å². The minimum Gasteiger partial charge on any atom is -0.338 e. The Balaban J connectivity index is 2.41. The van der Waals surface area contributed by atoms with Gasteiger partial charge < -0.3 is 10.6 Å². The lowest BCUT2D eigenvalue weighted by atomic mass is 10.3. The lowest BCUT2D eigenvalue weighted by molar-refractivity contribution is 0.238. The van der Waals surface area contributed by atoms with Gasteiger partial charge in [0.25, 0.3) is 0 Å². The van der Waals surface area contributed by atoms with Crippen LogP contribution in [0.15, 0.2) is 12.1 Å². The van der Waals surface area contributed by atoms with Crippen LogP contribution in [0, 0.1) is 0 Å². The lowest BCUT2D eigenvalue weighted by Gasteiger charge is -2.12. The average Bonchev–Trinajstić information content (AvgIpc) is 2.61. The second-order valence-corrected chi connectivity index (χ2v) is 5.01. The molecule has 2 N–H and O–H groups in total. The van der Waals surface area contributed by atoms with Crippen LogP contribution in [0.3, 0.4) is 0 Å². The van der Waals surface area contributed by atoms with E-state index in [4.69, 9.17) is 11.6 Å². The first-order chi connectivity index (χ1) is 7.13. The number of nitrogens with one attached hydrogen (secondary N) is 2. The molecule has 2 amide bonds. The molecule has 5 heteroatoms. The van der Waals surface area contributed by atoms with Crippen LogP contribution in [-0.4, -0.2) is 12.6 Å². The summed E-state index contributed by atoms with van der Waals surface area (Å²) in [5, 5.41) is 5.61. The molecule has 0 unspecified atom stereocenters. The molecule has 0 saturated carbocycles. The summed E-state index contributed by atoms with van der Waals surface area (Å²) in [5.41, 5.74) is 0. The molecule has 1 aromatic heterocycles. The Hall–Kier alpha value is -0.740. The van der Waals surface area contributed by atoms with E-state index >= 15 is 0 Å². The number of hydrogen-bond acceptors (Lipinski definition) is 2. The van der Waals surface area contributed by atoms with Gasteiger partial charge in [0, 0.05) is 11.4 Å². The molecule has 1 heterocycles. The van der Waals surface area contributed by atoms with Crippen molar-refractivity contribution in [3.63, 3.8) is 0 Å². The lowest BCUT2D eigenvalue weighted by Crippen LogP contribution is -2.37. The first-order valence-corrected chi connectivity index (χ1v) is 6.12. The second kappa shape index (κ2) is 5.98. The van der Waals surface area contributed by atoms with Crippen LogP contribution in [0.5, 0.6) is 0 Å². The molecule has 0 spiro atoms. The molecule has 0 aliphatic heterocycles. The van der Waals surface area contributed by atoms with Gasteiger partial charge in [-0.05, 0) is 25.5 Å². The van der Waals surface area contributed by atoms with Crippen molar-refractivity contribution in [2.24, 2.45) is 0 Å². The van der Waals surface area contributed by atoms with Crippen molar-refractivity contribution < 1.29 is 4.79 Å². The number of urea groups is 1. The average molecular weight is 247 g/mol. The van der Waals surface area contributed by atoms with Crippen molar-refractivity contribution in [1.82, 2.24) is 10.6 Å². The third-order valence-corrected chi connectivity index (χ3v) is 3.32. The summed E-state index contributed by atoms with van der Waals surface area (Å²) in [5.74, 6) is 0. The molecule has 1 atom stereocenters. The smallest absolute Gasteiger partial charge is 0.315 e. The van der Waals surface area contributed by atoms with Gasteiger partial charge in [-0.2, -0.15) is 0 Å². The number of carbonyl (C=O) groups is 1. The monoisotopic (exact) mass is 246 g/mol. The fraction of sp³-hybridized carbons (Fsp3) is 0.500. The molecular weight excluding hydrogens is 232 g/mol. The quantitative estimate of drug-likeness (QED) is 0.842. The number of hydrogen-bond donors (Lipinski definition) is 2. The number of halogens is 1. The molecule has 84 valence electrons. The maximum atomic E-state index is 11.3. The van der Waals surface area contributed by atoms with E-state index < -0.39 is 0 Å². The van der Waals surface area contributed by atoms with Crippen molar-refractivity contribution in [2.45, 2.75) is 26.3 Å².